The van der Waals surface area contributed by atoms with Crippen molar-refractivity contribution in [1.29, 1.82) is 0 Å². The third-order valence-electron chi connectivity index (χ3n) is 3.28. The lowest BCUT2D eigenvalue weighted by Crippen LogP contribution is -2.42. The molecular formula is C12H34O5P8S4. The summed E-state index contributed by atoms with van der Waals surface area (Å²) in [6, 6.07) is 0. The van der Waals surface area contributed by atoms with Crippen LogP contribution in [0.15, 0.2) is 0 Å². The van der Waals surface area contributed by atoms with E-state index in [4.69, 9.17) is 22.2 Å². The molecule has 176 valence electrons. The minimum Gasteiger partial charge on any atom is -0.339 e. The van der Waals surface area contributed by atoms with Crippen LogP contribution in [0, 0.1) is 5.92 Å². The topological polar surface area (TPSA) is 46.2 Å². The van der Waals surface area contributed by atoms with Crippen LogP contribution in [0.4, 0.5) is 0 Å². The van der Waals surface area contributed by atoms with Gasteiger partial charge in [-0.1, -0.05) is 63.7 Å². The highest BCUT2D eigenvalue weighted by molar-refractivity contribution is 8.78. The van der Waals surface area contributed by atoms with Crippen molar-refractivity contribution < 1.29 is 22.2 Å². The van der Waals surface area contributed by atoms with Gasteiger partial charge >= 0.3 is 0 Å². The number of ether oxygens (including phenoxy) is 1. The van der Waals surface area contributed by atoms with Crippen LogP contribution in [0.2, 0.25) is 0 Å². The summed E-state index contributed by atoms with van der Waals surface area (Å²) in [6.45, 7) is 13.9. The fraction of sp³-hybridized carbons (Fsp3) is 1.00. The van der Waals surface area contributed by atoms with Crippen molar-refractivity contribution in [3.63, 3.8) is 0 Å². The SMILES string of the molecule is CC([C@H](OP(C)SP)C(O[C@@H](C)OSP(C)P)OP(C)SP)[C@H](C)OSP(C)P. The van der Waals surface area contributed by atoms with Crippen LogP contribution in [0.5, 0.6) is 0 Å². The van der Waals surface area contributed by atoms with E-state index in [9.17, 15) is 0 Å². The summed E-state index contributed by atoms with van der Waals surface area (Å²) in [4.78, 5) is 0. The van der Waals surface area contributed by atoms with Crippen molar-refractivity contribution in [3.05, 3.63) is 0 Å². The Morgan fingerprint density at radius 2 is 1.24 bits per heavy atom. The Morgan fingerprint density at radius 1 is 0.759 bits per heavy atom. The molecule has 13 atom stereocenters. The maximum absolute atomic E-state index is 6.42. The maximum Gasteiger partial charge on any atom is 0.192 e. The lowest BCUT2D eigenvalue weighted by atomic mass is 9.99. The molecule has 0 amide bonds. The van der Waals surface area contributed by atoms with E-state index in [1.54, 1.807) is 22.0 Å². The van der Waals surface area contributed by atoms with Crippen molar-refractivity contribution in [2.24, 2.45) is 5.92 Å². The van der Waals surface area contributed by atoms with E-state index in [0.29, 0.717) is 0 Å². The summed E-state index contributed by atoms with van der Waals surface area (Å²) >= 11 is 6.20. The lowest BCUT2D eigenvalue weighted by molar-refractivity contribution is -0.211. The highest BCUT2D eigenvalue weighted by Crippen LogP contribution is 2.58. The summed E-state index contributed by atoms with van der Waals surface area (Å²) in [5.41, 5.74) is 0. The van der Waals surface area contributed by atoms with E-state index >= 15 is 0 Å². The molecule has 0 heterocycles. The zero-order chi connectivity index (χ0) is 22.6. The van der Waals surface area contributed by atoms with Gasteiger partial charge in [0.25, 0.3) is 0 Å². The molecule has 0 aromatic rings. The molecule has 0 radical (unpaired) electrons. The van der Waals surface area contributed by atoms with Gasteiger partial charge in [-0.15, -0.1) is 0 Å². The Morgan fingerprint density at radius 3 is 1.72 bits per heavy atom. The van der Waals surface area contributed by atoms with E-state index in [2.05, 4.69) is 75.2 Å². The van der Waals surface area contributed by atoms with Crippen molar-refractivity contribution >= 4 is 108 Å². The quantitative estimate of drug-likeness (QED) is 0.0887. The molecule has 17 heteroatoms. The van der Waals surface area contributed by atoms with Gasteiger partial charge in [-0.05, 0) is 54.1 Å². The summed E-state index contributed by atoms with van der Waals surface area (Å²) in [5.74, 6) is 0.0670. The second-order valence-electron chi connectivity index (χ2n) is 5.84. The Hall–Kier alpha value is 4.64. The molecule has 0 aliphatic carbocycles. The molecule has 0 aliphatic rings. The first-order valence-electron chi connectivity index (χ1n) is 8.35. The van der Waals surface area contributed by atoms with E-state index in [1.807, 2.05) is 6.92 Å². The fourth-order valence-corrected chi connectivity index (χ4v) is 7.92. The molecule has 0 rings (SSSR count). The first-order chi connectivity index (χ1) is 13.5. The zero-order valence-corrected chi connectivity index (χ0v) is 29.1. The molecule has 5 nitrogen and oxygen atoms in total. The van der Waals surface area contributed by atoms with Crippen molar-refractivity contribution in [3.8, 4) is 0 Å². The van der Waals surface area contributed by atoms with E-state index in [-0.39, 0.29) is 31.7 Å². The van der Waals surface area contributed by atoms with Crippen LogP contribution in [0.1, 0.15) is 20.8 Å². The van der Waals surface area contributed by atoms with Crippen LogP contribution in [-0.2, 0) is 22.2 Å². The van der Waals surface area contributed by atoms with Gasteiger partial charge in [0.2, 0.25) is 0 Å². The van der Waals surface area contributed by atoms with Gasteiger partial charge in [0.05, 0.1) is 20.8 Å². The predicted octanol–water partition coefficient (Wildman–Crippen LogP) is 8.99. The van der Waals surface area contributed by atoms with Crippen molar-refractivity contribution in [1.82, 2.24) is 0 Å². The van der Waals surface area contributed by atoms with Gasteiger partial charge in [0.1, 0.15) is 6.10 Å². The number of hydrogen-bond donors (Lipinski definition) is 0. The molecule has 0 saturated heterocycles. The van der Waals surface area contributed by atoms with Crippen LogP contribution in [-0.4, -0.2) is 51.4 Å². The fourth-order valence-electron chi connectivity index (χ4n) is 1.75. The van der Waals surface area contributed by atoms with Gasteiger partial charge in [-0.2, -0.15) is 0 Å². The molecule has 0 aromatic carbocycles. The first kappa shape index (κ1) is 33.6. The maximum atomic E-state index is 6.42. The summed E-state index contributed by atoms with van der Waals surface area (Å²) < 4.78 is 30.7. The molecular weight excluding hydrogens is 600 g/mol. The average Bonchev–Trinajstić information content (AvgIpc) is 2.66. The third-order valence-corrected chi connectivity index (χ3v) is 17.3. The van der Waals surface area contributed by atoms with Crippen LogP contribution < -0.4 is 0 Å². The van der Waals surface area contributed by atoms with Gasteiger partial charge in [0, 0.05) is 29.2 Å². The van der Waals surface area contributed by atoms with Gasteiger partial charge < -0.3 is 18.0 Å². The highest BCUT2D eigenvalue weighted by Gasteiger charge is 2.37. The van der Waals surface area contributed by atoms with Crippen molar-refractivity contribution in [2.75, 3.05) is 26.7 Å². The second kappa shape index (κ2) is 19.8. The third kappa shape index (κ3) is 16.9. The van der Waals surface area contributed by atoms with Gasteiger partial charge in [-0.25, -0.2) is 0 Å². The highest BCUT2D eigenvalue weighted by atomic mass is 33.1. The number of rotatable bonds is 17. The predicted molar refractivity (Wildman–Crippen MR) is 162 cm³/mol. The molecule has 0 bridgehead atoms. The molecule has 0 saturated carbocycles. The summed E-state index contributed by atoms with van der Waals surface area (Å²) in [7, 11) is 9.48. The molecule has 0 aliphatic heterocycles. The van der Waals surface area contributed by atoms with Crippen LogP contribution in [0.25, 0.3) is 0 Å². The zero-order valence-electron chi connectivity index (χ0n) is 17.7. The average molecular weight is 634 g/mol. The second-order valence-corrected chi connectivity index (χ2v) is 30.7. The largest absolute Gasteiger partial charge is 0.339 e. The van der Waals surface area contributed by atoms with Crippen LogP contribution in [0.3, 0.4) is 0 Å². The Bertz CT molecular complexity index is 422. The molecule has 29 heavy (non-hydrogen) atoms. The van der Waals surface area contributed by atoms with Gasteiger partial charge in [0.15, 0.2) is 12.6 Å². The van der Waals surface area contributed by atoms with Crippen molar-refractivity contribution in [2.45, 2.75) is 45.6 Å². The van der Waals surface area contributed by atoms with Crippen LogP contribution >= 0.6 is 108 Å². The van der Waals surface area contributed by atoms with Gasteiger partial charge in [-0.3, -0.25) is 4.18 Å². The van der Waals surface area contributed by atoms with E-state index in [0.717, 1.165) is 0 Å². The Labute approximate surface area is 207 Å². The Balaban J connectivity index is 5.44. The van der Waals surface area contributed by atoms with E-state index in [1.165, 1.54) is 23.3 Å². The van der Waals surface area contributed by atoms with E-state index < -0.39 is 27.3 Å². The summed E-state index contributed by atoms with van der Waals surface area (Å²) in [6.07, 6.45) is -1.26. The molecule has 0 N–H and O–H groups in total. The summed E-state index contributed by atoms with van der Waals surface area (Å²) in [5, 5.41) is 0. The minimum absolute atomic E-state index is 0.0176. The lowest BCUT2D eigenvalue weighted by Gasteiger charge is -2.36. The minimum atomic E-state index is -0.733. The first-order valence-corrected chi connectivity index (χ1v) is 27.1. The normalized spacial score (nSPS) is 21.6. The standard InChI is InChI=1S/C12H34O5P8S4/c1-8(9(2)16-26-24(6)18)11(14-22(4)28-20)12(15-23(5)29-21)13-10(3)17-27-25(7)19/h8-12H,18-21H2,1-7H3/t8?,9-,10+,11-,12?,22?,23?,24?,25?/m0/s1. The molecule has 10 unspecified atom stereocenters. The molecule has 0 aromatic heterocycles. The molecule has 0 fully saturated rings. The number of hydrogen-bond acceptors (Lipinski definition) is 9. The Kier molecular flexibility index (Phi) is 22.9. The monoisotopic (exact) mass is 634 g/mol. The smallest absolute Gasteiger partial charge is 0.192 e. The molecule has 0 spiro atoms.